The minimum Gasteiger partial charge on any atom is -0.322 e. The Labute approximate surface area is 135 Å². The van der Waals surface area contributed by atoms with Crippen LogP contribution in [-0.4, -0.2) is 41.5 Å². The Balaban J connectivity index is 1.81. The van der Waals surface area contributed by atoms with E-state index in [1.807, 2.05) is 0 Å². The summed E-state index contributed by atoms with van der Waals surface area (Å²) in [6.45, 7) is 1.10. The zero-order chi connectivity index (χ0) is 16.4. The molecule has 0 unspecified atom stereocenters. The minimum absolute atomic E-state index is 0.198. The van der Waals surface area contributed by atoms with Crippen LogP contribution in [0.5, 0.6) is 0 Å². The number of carbonyl (C=O) groups is 1. The summed E-state index contributed by atoms with van der Waals surface area (Å²) in [7, 11) is -1.77. The third-order valence-corrected chi connectivity index (χ3v) is 5.66. The van der Waals surface area contributed by atoms with Crippen LogP contribution >= 0.6 is 0 Å². The van der Waals surface area contributed by atoms with E-state index in [1.165, 1.54) is 21.3 Å². The van der Waals surface area contributed by atoms with Gasteiger partial charge in [0.15, 0.2) is 0 Å². The fraction of sp³-hybridized carbons (Fsp3) is 0.333. The lowest BCUT2D eigenvalue weighted by Crippen LogP contribution is -2.27. The van der Waals surface area contributed by atoms with Crippen LogP contribution in [0.2, 0.25) is 0 Å². The van der Waals surface area contributed by atoms with E-state index < -0.39 is 10.0 Å². The molecule has 0 saturated carbocycles. The highest BCUT2D eigenvalue weighted by molar-refractivity contribution is 7.89. The molecule has 7 nitrogen and oxygen atoms in total. The van der Waals surface area contributed by atoms with Crippen LogP contribution < -0.4 is 5.32 Å². The number of amides is 1. The van der Waals surface area contributed by atoms with E-state index in [0.717, 1.165) is 12.8 Å². The van der Waals surface area contributed by atoms with E-state index in [9.17, 15) is 13.2 Å². The molecule has 1 fully saturated rings. The Morgan fingerprint density at radius 2 is 2.00 bits per heavy atom. The monoisotopic (exact) mass is 334 g/mol. The van der Waals surface area contributed by atoms with Gasteiger partial charge in [0.2, 0.25) is 10.0 Å². The predicted molar refractivity (Wildman–Crippen MR) is 85.6 cm³/mol. The number of hydrogen-bond acceptors (Lipinski definition) is 4. The Kier molecular flexibility index (Phi) is 4.18. The SMILES string of the molecule is Cn1cc(C(=O)Nc2cccc(S(=O)(=O)N3CCCC3)c2)cn1. The molecule has 1 aliphatic heterocycles. The maximum absolute atomic E-state index is 12.5. The molecule has 1 aromatic carbocycles. The van der Waals surface area contributed by atoms with Crippen molar-refractivity contribution in [1.82, 2.24) is 14.1 Å². The van der Waals surface area contributed by atoms with Crippen LogP contribution in [0.1, 0.15) is 23.2 Å². The Morgan fingerprint density at radius 1 is 1.26 bits per heavy atom. The van der Waals surface area contributed by atoms with Gasteiger partial charge in [-0.15, -0.1) is 0 Å². The summed E-state index contributed by atoms with van der Waals surface area (Å²) in [5, 5.41) is 6.64. The lowest BCUT2D eigenvalue weighted by Gasteiger charge is -2.16. The van der Waals surface area contributed by atoms with Crippen molar-refractivity contribution in [1.29, 1.82) is 0 Å². The zero-order valence-electron chi connectivity index (χ0n) is 12.8. The van der Waals surface area contributed by atoms with E-state index in [0.29, 0.717) is 24.3 Å². The minimum atomic E-state index is -3.49. The number of aromatic nitrogens is 2. The number of nitrogens with one attached hydrogen (secondary N) is 1. The molecule has 2 aromatic rings. The molecule has 2 heterocycles. The molecular weight excluding hydrogens is 316 g/mol. The number of aryl methyl sites for hydroxylation is 1. The van der Waals surface area contributed by atoms with Gasteiger partial charge in [0, 0.05) is 32.0 Å². The first-order valence-corrected chi connectivity index (χ1v) is 8.81. The molecule has 1 aromatic heterocycles. The van der Waals surface area contributed by atoms with Crippen molar-refractivity contribution in [2.45, 2.75) is 17.7 Å². The fourth-order valence-electron chi connectivity index (χ4n) is 2.55. The summed E-state index contributed by atoms with van der Waals surface area (Å²) in [4.78, 5) is 12.3. The fourth-order valence-corrected chi connectivity index (χ4v) is 4.12. The second-order valence-electron chi connectivity index (χ2n) is 5.50. The van der Waals surface area contributed by atoms with Crippen LogP contribution in [-0.2, 0) is 17.1 Å². The third-order valence-electron chi connectivity index (χ3n) is 3.76. The predicted octanol–water partition coefficient (Wildman–Crippen LogP) is 1.46. The summed E-state index contributed by atoms with van der Waals surface area (Å²) in [6.07, 6.45) is 4.83. The van der Waals surface area contributed by atoms with Gasteiger partial charge in [-0.05, 0) is 31.0 Å². The molecule has 8 heteroatoms. The van der Waals surface area contributed by atoms with Crippen LogP contribution in [0.3, 0.4) is 0 Å². The molecule has 23 heavy (non-hydrogen) atoms. The molecule has 1 N–H and O–H groups in total. The van der Waals surface area contributed by atoms with Crippen molar-refractivity contribution in [2.24, 2.45) is 7.05 Å². The molecule has 0 radical (unpaired) electrons. The van der Waals surface area contributed by atoms with Gasteiger partial charge in [0.1, 0.15) is 0 Å². The van der Waals surface area contributed by atoms with Crippen LogP contribution in [0.15, 0.2) is 41.6 Å². The van der Waals surface area contributed by atoms with Crippen molar-refractivity contribution in [3.63, 3.8) is 0 Å². The van der Waals surface area contributed by atoms with Crippen molar-refractivity contribution >= 4 is 21.6 Å². The van der Waals surface area contributed by atoms with Gasteiger partial charge in [-0.1, -0.05) is 6.07 Å². The topological polar surface area (TPSA) is 84.3 Å². The van der Waals surface area contributed by atoms with Crippen LogP contribution in [0.25, 0.3) is 0 Å². The Bertz CT molecular complexity index is 823. The van der Waals surface area contributed by atoms with Gasteiger partial charge in [-0.25, -0.2) is 8.42 Å². The van der Waals surface area contributed by atoms with E-state index in [-0.39, 0.29) is 10.8 Å². The second-order valence-corrected chi connectivity index (χ2v) is 7.43. The average molecular weight is 334 g/mol. The first-order valence-electron chi connectivity index (χ1n) is 7.37. The molecule has 0 atom stereocenters. The normalized spacial score (nSPS) is 15.7. The van der Waals surface area contributed by atoms with Gasteiger partial charge >= 0.3 is 0 Å². The number of carbonyl (C=O) groups excluding carboxylic acids is 1. The first-order chi connectivity index (χ1) is 11.0. The van der Waals surface area contributed by atoms with Crippen LogP contribution in [0.4, 0.5) is 5.69 Å². The molecule has 122 valence electrons. The number of benzene rings is 1. The largest absolute Gasteiger partial charge is 0.322 e. The van der Waals surface area contributed by atoms with Gasteiger partial charge in [-0.3, -0.25) is 9.48 Å². The highest BCUT2D eigenvalue weighted by Gasteiger charge is 2.27. The van der Waals surface area contributed by atoms with Gasteiger partial charge in [0.05, 0.1) is 16.7 Å². The lowest BCUT2D eigenvalue weighted by molar-refractivity contribution is 0.102. The maximum Gasteiger partial charge on any atom is 0.258 e. The molecule has 0 spiro atoms. The maximum atomic E-state index is 12.5. The van der Waals surface area contributed by atoms with Crippen molar-refractivity contribution in [3.05, 3.63) is 42.2 Å². The van der Waals surface area contributed by atoms with E-state index in [1.54, 1.807) is 31.4 Å². The van der Waals surface area contributed by atoms with Crippen LogP contribution in [0, 0.1) is 0 Å². The molecular formula is C15H18N4O3S. The summed E-state index contributed by atoms with van der Waals surface area (Å²) >= 11 is 0. The molecule has 0 bridgehead atoms. The number of nitrogens with zero attached hydrogens (tertiary/aromatic N) is 3. The zero-order valence-corrected chi connectivity index (χ0v) is 13.6. The second kappa shape index (κ2) is 6.13. The van der Waals surface area contributed by atoms with Gasteiger partial charge < -0.3 is 5.32 Å². The van der Waals surface area contributed by atoms with Gasteiger partial charge in [0.25, 0.3) is 5.91 Å². The Hall–Kier alpha value is -2.19. The third kappa shape index (κ3) is 3.27. The van der Waals surface area contributed by atoms with E-state index in [4.69, 9.17) is 0 Å². The van der Waals surface area contributed by atoms with Crippen molar-refractivity contribution < 1.29 is 13.2 Å². The number of rotatable bonds is 4. The standard InChI is InChI=1S/C15H18N4O3S/c1-18-11-12(10-16-18)15(20)17-13-5-4-6-14(9-13)23(21,22)19-7-2-3-8-19/h4-6,9-11H,2-3,7-8H2,1H3,(H,17,20). The number of hydrogen-bond donors (Lipinski definition) is 1. The van der Waals surface area contributed by atoms with Gasteiger partial charge in [-0.2, -0.15) is 9.40 Å². The number of sulfonamides is 1. The molecule has 1 amide bonds. The van der Waals surface area contributed by atoms with Crippen molar-refractivity contribution in [2.75, 3.05) is 18.4 Å². The van der Waals surface area contributed by atoms with E-state index >= 15 is 0 Å². The first kappa shape index (κ1) is 15.7. The Morgan fingerprint density at radius 3 is 2.65 bits per heavy atom. The highest BCUT2D eigenvalue weighted by Crippen LogP contribution is 2.23. The summed E-state index contributed by atoms with van der Waals surface area (Å²) in [5.74, 6) is -0.325. The quantitative estimate of drug-likeness (QED) is 0.917. The van der Waals surface area contributed by atoms with E-state index in [2.05, 4.69) is 10.4 Å². The smallest absolute Gasteiger partial charge is 0.258 e. The molecule has 1 aliphatic rings. The number of anilines is 1. The molecule has 3 rings (SSSR count). The average Bonchev–Trinajstić information content (AvgIpc) is 3.19. The summed E-state index contributed by atoms with van der Waals surface area (Å²) in [6, 6.07) is 6.33. The lowest BCUT2D eigenvalue weighted by atomic mass is 10.3. The molecule has 0 aliphatic carbocycles. The van der Waals surface area contributed by atoms with Crippen molar-refractivity contribution in [3.8, 4) is 0 Å². The molecule has 1 saturated heterocycles. The summed E-state index contributed by atoms with van der Waals surface area (Å²) < 4.78 is 28.1. The highest BCUT2D eigenvalue weighted by atomic mass is 32.2. The summed E-state index contributed by atoms with van der Waals surface area (Å²) in [5.41, 5.74) is 0.861.